The van der Waals surface area contributed by atoms with Gasteiger partial charge in [0.1, 0.15) is 5.69 Å². The van der Waals surface area contributed by atoms with Crippen molar-refractivity contribution in [3.05, 3.63) is 35.8 Å². The SMILES string of the molecule is FC(F)c1c(CCl)cnn1-c1cccnn1. The second-order valence-corrected chi connectivity index (χ2v) is 3.25. The minimum Gasteiger partial charge on any atom is -0.211 e. The van der Waals surface area contributed by atoms with Crippen LogP contribution in [0.2, 0.25) is 0 Å². The second-order valence-electron chi connectivity index (χ2n) is 2.98. The predicted octanol–water partition coefficient (Wildman–Crippen LogP) is 2.34. The molecular formula is C9H7ClF2N4. The van der Waals surface area contributed by atoms with Gasteiger partial charge in [0.2, 0.25) is 0 Å². The molecule has 16 heavy (non-hydrogen) atoms. The zero-order valence-corrected chi connectivity index (χ0v) is 8.77. The van der Waals surface area contributed by atoms with Gasteiger partial charge in [0.05, 0.1) is 12.1 Å². The lowest BCUT2D eigenvalue weighted by Crippen LogP contribution is -2.06. The van der Waals surface area contributed by atoms with E-state index in [0.29, 0.717) is 5.56 Å². The van der Waals surface area contributed by atoms with E-state index < -0.39 is 6.43 Å². The topological polar surface area (TPSA) is 43.6 Å². The number of rotatable bonds is 3. The molecule has 0 N–H and O–H groups in total. The molecule has 84 valence electrons. The minimum atomic E-state index is -2.65. The van der Waals surface area contributed by atoms with Crippen molar-refractivity contribution in [2.45, 2.75) is 12.3 Å². The van der Waals surface area contributed by atoms with Gasteiger partial charge in [-0.25, -0.2) is 13.5 Å². The van der Waals surface area contributed by atoms with Crippen molar-refractivity contribution >= 4 is 11.6 Å². The quantitative estimate of drug-likeness (QED) is 0.779. The van der Waals surface area contributed by atoms with E-state index >= 15 is 0 Å². The highest BCUT2D eigenvalue weighted by molar-refractivity contribution is 6.17. The Morgan fingerprint density at radius 2 is 2.25 bits per heavy atom. The highest BCUT2D eigenvalue weighted by Crippen LogP contribution is 2.25. The number of halogens is 3. The van der Waals surface area contributed by atoms with Gasteiger partial charge in [-0.3, -0.25) is 0 Å². The molecule has 0 atom stereocenters. The highest BCUT2D eigenvalue weighted by Gasteiger charge is 2.20. The van der Waals surface area contributed by atoms with Crippen LogP contribution in [0.5, 0.6) is 0 Å². The lowest BCUT2D eigenvalue weighted by atomic mass is 10.3. The first-order chi connectivity index (χ1) is 7.74. The molecule has 4 nitrogen and oxygen atoms in total. The van der Waals surface area contributed by atoms with Gasteiger partial charge in [-0.1, -0.05) is 0 Å². The van der Waals surface area contributed by atoms with E-state index in [1.165, 1.54) is 12.4 Å². The lowest BCUT2D eigenvalue weighted by Gasteiger charge is -2.05. The van der Waals surface area contributed by atoms with Crippen LogP contribution < -0.4 is 0 Å². The number of hydrogen-bond donors (Lipinski definition) is 0. The fourth-order valence-corrected chi connectivity index (χ4v) is 1.52. The summed E-state index contributed by atoms with van der Waals surface area (Å²) < 4.78 is 26.7. The van der Waals surface area contributed by atoms with Crippen LogP contribution in [0.1, 0.15) is 17.7 Å². The van der Waals surface area contributed by atoms with Crippen molar-refractivity contribution in [1.29, 1.82) is 0 Å². The van der Waals surface area contributed by atoms with Gasteiger partial charge in [-0.05, 0) is 12.1 Å². The molecule has 2 rings (SSSR count). The molecule has 0 aliphatic carbocycles. The van der Waals surface area contributed by atoms with Gasteiger partial charge in [-0.15, -0.1) is 16.7 Å². The van der Waals surface area contributed by atoms with Crippen molar-refractivity contribution in [3.63, 3.8) is 0 Å². The van der Waals surface area contributed by atoms with E-state index in [1.807, 2.05) is 0 Å². The molecule has 2 aromatic heterocycles. The van der Waals surface area contributed by atoms with Crippen molar-refractivity contribution in [2.75, 3.05) is 0 Å². The Labute approximate surface area is 94.9 Å². The van der Waals surface area contributed by atoms with Crippen molar-refractivity contribution < 1.29 is 8.78 Å². The van der Waals surface area contributed by atoms with Crippen LogP contribution in [-0.4, -0.2) is 20.0 Å². The maximum Gasteiger partial charge on any atom is 0.280 e. The zero-order chi connectivity index (χ0) is 11.5. The highest BCUT2D eigenvalue weighted by atomic mass is 35.5. The number of hydrogen-bond acceptors (Lipinski definition) is 3. The van der Waals surface area contributed by atoms with Crippen LogP contribution in [0.15, 0.2) is 24.5 Å². The van der Waals surface area contributed by atoms with Crippen LogP contribution in [-0.2, 0) is 5.88 Å². The Balaban J connectivity index is 2.53. The predicted molar refractivity (Wildman–Crippen MR) is 53.7 cm³/mol. The van der Waals surface area contributed by atoms with Crippen molar-refractivity contribution in [2.24, 2.45) is 0 Å². The molecule has 0 amide bonds. The standard InChI is InChI=1S/C9H7ClF2N4/c10-4-6-5-14-16(8(6)9(11)12)7-2-1-3-13-15-7/h1-3,5,9H,4H2. The van der Waals surface area contributed by atoms with Crippen LogP contribution in [0, 0.1) is 0 Å². The fraction of sp³-hybridized carbons (Fsp3) is 0.222. The molecule has 0 fully saturated rings. The first-order valence-electron chi connectivity index (χ1n) is 4.43. The van der Waals surface area contributed by atoms with E-state index in [-0.39, 0.29) is 17.4 Å². The van der Waals surface area contributed by atoms with Gasteiger partial charge < -0.3 is 0 Å². The van der Waals surface area contributed by atoms with Gasteiger partial charge in [0, 0.05) is 11.8 Å². The summed E-state index contributed by atoms with van der Waals surface area (Å²) in [5, 5.41) is 11.1. The first kappa shape index (κ1) is 10.9. The summed E-state index contributed by atoms with van der Waals surface area (Å²) in [5.41, 5.74) is 0.0535. The third kappa shape index (κ3) is 1.88. The maximum atomic E-state index is 12.8. The molecule has 0 aliphatic rings. The lowest BCUT2D eigenvalue weighted by molar-refractivity contribution is 0.141. The van der Waals surface area contributed by atoms with Gasteiger partial charge in [0.25, 0.3) is 6.43 Å². The molecule has 2 heterocycles. The molecule has 0 aliphatic heterocycles. The summed E-state index contributed by atoms with van der Waals surface area (Å²) in [6.45, 7) is 0. The monoisotopic (exact) mass is 244 g/mol. The first-order valence-corrected chi connectivity index (χ1v) is 4.96. The molecule has 0 bridgehead atoms. The summed E-state index contributed by atoms with van der Waals surface area (Å²) in [6.07, 6.45) is 0.110. The Morgan fingerprint density at radius 1 is 1.44 bits per heavy atom. The maximum absolute atomic E-state index is 12.8. The van der Waals surface area contributed by atoms with Crippen LogP contribution in [0.3, 0.4) is 0 Å². The van der Waals surface area contributed by atoms with Crippen LogP contribution >= 0.6 is 11.6 Å². The van der Waals surface area contributed by atoms with Gasteiger partial charge >= 0.3 is 0 Å². The van der Waals surface area contributed by atoms with Crippen LogP contribution in [0.25, 0.3) is 5.82 Å². The van der Waals surface area contributed by atoms with E-state index in [1.54, 1.807) is 12.1 Å². The normalized spacial score (nSPS) is 11.0. The molecule has 0 saturated carbocycles. The Hall–Kier alpha value is -1.56. The third-order valence-electron chi connectivity index (χ3n) is 2.01. The second kappa shape index (κ2) is 4.52. The van der Waals surface area contributed by atoms with Crippen molar-refractivity contribution in [3.8, 4) is 5.82 Å². The Kier molecular flexibility index (Phi) is 3.09. The largest absolute Gasteiger partial charge is 0.280 e. The molecule has 0 aromatic carbocycles. The average molecular weight is 245 g/mol. The van der Waals surface area contributed by atoms with Crippen LogP contribution in [0.4, 0.5) is 8.78 Å². The van der Waals surface area contributed by atoms with E-state index in [9.17, 15) is 8.78 Å². The molecule has 0 radical (unpaired) electrons. The summed E-state index contributed by atoms with van der Waals surface area (Å²) in [5.74, 6) is 0.231. The summed E-state index contributed by atoms with van der Waals surface area (Å²) in [4.78, 5) is 0. The number of alkyl halides is 3. The average Bonchev–Trinajstić information content (AvgIpc) is 2.73. The zero-order valence-electron chi connectivity index (χ0n) is 8.02. The van der Waals surface area contributed by atoms with Crippen molar-refractivity contribution in [1.82, 2.24) is 20.0 Å². The molecule has 2 aromatic rings. The van der Waals surface area contributed by atoms with Gasteiger partial charge in [0.15, 0.2) is 5.82 Å². The van der Waals surface area contributed by atoms with E-state index in [2.05, 4.69) is 15.3 Å². The fourth-order valence-electron chi connectivity index (χ4n) is 1.32. The van der Waals surface area contributed by atoms with E-state index in [4.69, 9.17) is 11.6 Å². The van der Waals surface area contributed by atoms with E-state index in [0.717, 1.165) is 4.68 Å². The third-order valence-corrected chi connectivity index (χ3v) is 2.30. The smallest absolute Gasteiger partial charge is 0.211 e. The molecule has 0 unspecified atom stereocenters. The minimum absolute atomic E-state index is 0.0140. The molecular weight excluding hydrogens is 238 g/mol. The Morgan fingerprint density at radius 3 is 2.81 bits per heavy atom. The molecule has 7 heteroatoms. The summed E-state index contributed by atoms with van der Waals surface area (Å²) >= 11 is 5.55. The summed E-state index contributed by atoms with van der Waals surface area (Å²) in [7, 11) is 0. The Bertz CT molecular complexity index is 472. The number of aromatic nitrogens is 4. The molecule has 0 saturated heterocycles. The summed E-state index contributed by atoms with van der Waals surface area (Å²) in [6, 6.07) is 3.14. The molecule has 0 spiro atoms. The van der Waals surface area contributed by atoms with Gasteiger partial charge in [-0.2, -0.15) is 10.2 Å². The number of nitrogens with zero attached hydrogens (tertiary/aromatic N) is 4.